The second-order valence-electron chi connectivity index (χ2n) is 4.50. The Labute approximate surface area is 105 Å². The Hall–Kier alpha value is -0.830. The smallest absolute Gasteiger partial charge is 0.311 e. The maximum atomic E-state index is 11.5. The van der Waals surface area contributed by atoms with E-state index < -0.39 is 5.41 Å². The molecular weight excluding hydrogens is 268 g/mol. The lowest BCUT2D eigenvalue weighted by Gasteiger charge is -2.21. The number of halogens is 1. The summed E-state index contributed by atoms with van der Waals surface area (Å²) in [5.41, 5.74) is 1.92. The van der Waals surface area contributed by atoms with E-state index in [1.807, 2.05) is 13.8 Å². The van der Waals surface area contributed by atoms with Crippen LogP contribution in [0.25, 0.3) is 0 Å². The molecule has 0 amide bonds. The molecule has 16 heavy (non-hydrogen) atoms. The van der Waals surface area contributed by atoms with Crippen LogP contribution in [0.1, 0.15) is 25.0 Å². The molecule has 0 atom stereocenters. The molecule has 0 saturated heterocycles. The van der Waals surface area contributed by atoms with Crippen LogP contribution in [0.5, 0.6) is 0 Å². The van der Waals surface area contributed by atoms with Crippen LogP contribution in [0, 0.1) is 5.41 Å². The van der Waals surface area contributed by atoms with E-state index in [0.717, 1.165) is 10.9 Å². The molecule has 0 aliphatic rings. The summed E-state index contributed by atoms with van der Waals surface area (Å²) >= 11 is 3.40. The molecule has 0 aromatic heterocycles. The van der Waals surface area contributed by atoms with Crippen molar-refractivity contribution in [3.63, 3.8) is 0 Å². The highest BCUT2D eigenvalue weighted by Gasteiger charge is 2.28. The molecule has 1 aromatic carbocycles. The first-order chi connectivity index (χ1) is 7.49. The molecule has 0 heterocycles. The predicted octanol–water partition coefficient (Wildman–Crippen LogP) is 3.32. The van der Waals surface area contributed by atoms with Crippen LogP contribution in [-0.4, -0.2) is 13.1 Å². The summed E-state index contributed by atoms with van der Waals surface area (Å²) in [6, 6.07) is 8.25. The van der Waals surface area contributed by atoms with Gasteiger partial charge < -0.3 is 4.74 Å². The number of hydrogen-bond donors (Lipinski definition) is 0. The van der Waals surface area contributed by atoms with E-state index in [1.165, 1.54) is 12.7 Å². The van der Waals surface area contributed by atoms with Gasteiger partial charge in [-0.15, -0.1) is 0 Å². The number of esters is 1. The van der Waals surface area contributed by atoms with Gasteiger partial charge in [-0.1, -0.05) is 40.2 Å². The number of carbonyl (C=O) groups excluding carboxylic acids is 1. The first-order valence-electron chi connectivity index (χ1n) is 5.22. The third-order valence-electron chi connectivity index (χ3n) is 2.56. The zero-order chi connectivity index (χ0) is 12.2. The average molecular weight is 285 g/mol. The summed E-state index contributed by atoms with van der Waals surface area (Å²) in [7, 11) is 1.43. The topological polar surface area (TPSA) is 26.3 Å². The molecule has 0 aliphatic heterocycles. The number of methoxy groups -OCH3 is 1. The number of benzene rings is 1. The van der Waals surface area contributed by atoms with E-state index in [0.29, 0.717) is 6.42 Å². The number of ether oxygens (including phenoxy) is 1. The Bertz CT molecular complexity index is 355. The zero-order valence-electron chi connectivity index (χ0n) is 9.92. The van der Waals surface area contributed by atoms with Crippen LogP contribution in [-0.2, 0) is 21.3 Å². The predicted molar refractivity (Wildman–Crippen MR) is 68.6 cm³/mol. The summed E-state index contributed by atoms with van der Waals surface area (Å²) < 4.78 is 4.79. The van der Waals surface area contributed by atoms with Crippen LogP contribution in [0.4, 0.5) is 0 Å². The minimum absolute atomic E-state index is 0.169. The lowest BCUT2D eigenvalue weighted by Crippen LogP contribution is -2.27. The fraction of sp³-hybridized carbons (Fsp3) is 0.462. The molecule has 1 rings (SSSR count). The van der Waals surface area contributed by atoms with Gasteiger partial charge in [0.1, 0.15) is 0 Å². The Kier molecular flexibility index (Phi) is 4.54. The van der Waals surface area contributed by atoms with Crippen molar-refractivity contribution < 1.29 is 9.53 Å². The molecule has 0 bridgehead atoms. The highest BCUT2D eigenvalue weighted by atomic mass is 79.9. The second-order valence-corrected chi connectivity index (χ2v) is 5.06. The van der Waals surface area contributed by atoms with Gasteiger partial charge in [0.15, 0.2) is 0 Å². The highest BCUT2D eigenvalue weighted by Crippen LogP contribution is 2.23. The number of rotatable bonds is 4. The van der Waals surface area contributed by atoms with Gasteiger partial charge in [-0.05, 0) is 31.4 Å². The van der Waals surface area contributed by atoms with Gasteiger partial charge in [-0.2, -0.15) is 0 Å². The van der Waals surface area contributed by atoms with Crippen molar-refractivity contribution in [3.05, 3.63) is 35.4 Å². The Balaban J connectivity index is 2.76. The molecular formula is C13H17BrO2. The van der Waals surface area contributed by atoms with Crippen LogP contribution in [0.3, 0.4) is 0 Å². The molecule has 0 unspecified atom stereocenters. The molecule has 0 aliphatic carbocycles. The first kappa shape index (κ1) is 13.2. The van der Waals surface area contributed by atoms with Crippen LogP contribution in [0.15, 0.2) is 24.3 Å². The molecule has 0 radical (unpaired) electrons. The third kappa shape index (κ3) is 3.34. The molecule has 0 fully saturated rings. The quantitative estimate of drug-likeness (QED) is 0.626. The Morgan fingerprint density at radius 1 is 1.25 bits per heavy atom. The normalized spacial score (nSPS) is 11.2. The van der Waals surface area contributed by atoms with Crippen molar-refractivity contribution in [1.82, 2.24) is 0 Å². The van der Waals surface area contributed by atoms with E-state index in [1.54, 1.807) is 0 Å². The van der Waals surface area contributed by atoms with Crippen molar-refractivity contribution in [1.29, 1.82) is 0 Å². The van der Waals surface area contributed by atoms with E-state index >= 15 is 0 Å². The van der Waals surface area contributed by atoms with Crippen LogP contribution >= 0.6 is 15.9 Å². The first-order valence-corrected chi connectivity index (χ1v) is 6.34. The molecule has 0 N–H and O–H groups in total. The molecule has 3 heteroatoms. The van der Waals surface area contributed by atoms with Crippen molar-refractivity contribution in [2.75, 3.05) is 7.11 Å². The van der Waals surface area contributed by atoms with Crippen molar-refractivity contribution >= 4 is 21.9 Å². The fourth-order valence-electron chi connectivity index (χ4n) is 1.60. The van der Waals surface area contributed by atoms with E-state index in [4.69, 9.17) is 4.74 Å². The maximum Gasteiger partial charge on any atom is 0.311 e. The molecule has 2 nitrogen and oxygen atoms in total. The summed E-state index contributed by atoms with van der Waals surface area (Å²) in [4.78, 5) is 11.5. The molecule has 1 aromatic rings. The van der Waals surface area contributed by atoms with Gasteiger partial charge in [-0.25, -0.2) is 0 Å². The molecule has 0 saturated carbocycles. The SMILES string of the molecule is COC(=O)C(C)(C)Cc1ccc(CBr)cc1. The van der Waals surface area contributed by atoms with E-state index in [9.17, 15) is 4.79 Å². The van der Waals surface area contributed by atoms with Crippen LogP contribution < -0.4 is 0 Å². The average Bonchev–Trinajstić information content (AvgIpc) is 2.28. The zero-order valence-corrected chi connectivity index (χ0v) is 11.5. The van der Waals surface area contributed by atoms with Crippen LogP contribution in [0.2, 0.25) is 0 Å². The Morgan fingerprint density at radius 2 is 1.75 bits per heavy atom. The second kappa shape index (κ2) is 5.48. The summed E-state index contributed by atoms with van der Waals surface area (Å²) in [5.74, 6) is -0.169. The number of carbonyl (C=O) groups is 1. The lowest BCUT2D eigenvalue weighted by molar-refractivity contribution is -0.150. The van der Waals surface area contributed by atoms with E-state index in [-0.39, 0.29) is 5.97 Å². The van der Waals surface area contributed by atoms with E-state index in [2.05, 4.69) is 40.2 Å². The molecule has 88 valence electrons. The Morgan fingerprint density at radius 3 is 2.19 bits per heavy atom. The number of alkyl halides is 1. The fourth-order valence-corrected chi connectivity index (χ4v) is 1.98. The van der Waals surface area contributed by atoms with Gasteiger partial charge in [0.2, 0.25) is 0 Å². The van der Waals surface area contributed by atoms with Crippen molar-refractivity contribution in [2.45, 2.75) is 25.6 Å². The van der Waals surface area contributed by atoms with Gasteiger partial charge >= 0.3 is 5.97 Å². The highest BCUT2D eigenvalue weighted by molar-refractivity contribution is 9.08. The van der Waals surface area contributed by atoms with Gasteiger partial charge in [0, 0.05) is 5.33 Å². The lowest BCUT2D eigenvalue weighted by atomic mass is 9.86. The van der Waals surface area contributed by atoms with Crippen molar-refractivity contribution in [3.8, 4) is 0 Å². The van der Waals surface area contributed by atoms with Gasteiger partial charge in [-0.3, -0.25) is 4.79 Å². The summed E-state index contributed by atoms with van der Waals surface area (Å²) in [6.07, 6.45) is 0.697. The minimum Gasteiger partial charge on any atom is -0.469 e. The summed E-state index contributed by atoms with van der Waals surface area (Å²) in [6.45, 7) is 3.80. The summed E-state index contributed by atoms with van der Waals surface area (Å²) in [5, 5.41) is 0.855. The molecule has 0 spiro atoms. The largest absolute Gasteiger partial charge is 0.469 e. The monoisotopic (exact) mass is 284 g/mol. The van der Waals surface area contributed by atoms with Crippen molar-refractivity contribution in [2.24, 2.45) is 5.41 Å². The third-order valence-corrected chi connectivity index (χ3v) is 3.21. The minimum atomic E-state index is -0.468. The maximum absolute atomic E-state index is 11.5. The number of hydrogen-bond acceptors (Lipinski definition) is 2. The standard InChI is InChI=1S/C13H17BrO2/c1-13(2,12(15)16-3)8-10-4-6-11(9-14)7-5-10/h4-7H,8-9H2,1-3H3. The van der Waals surface area contributed by atoms with Gasteiger partial charge in [0.25, 0.3) is 0 Å². The van der Waals surface area contributed by atoms with Gasteiger partial charge in [0.05, 0.1) is 12.5 Å².